The molecule has 0 fully saturated rings. The minimum absolute atomic E-state index is 0.250. The molecular weight excluding hydrogens is 230 g/mol. The van der Waals surface area contributed by atoms with Crippen LogP contribution in [0, 0.1) is 0 Å². The highest BCUT2D eigenvalue weighted by Gasteiger charge is 2.01. The molecule has 0 bridgehead atoms. The Bertz CT molecular complexity index is 477. The van der Waals surface area contributed by atoms with Crippen molar-refractivity contribution in [3.63, 3.8) is 0 Å². The molecule has 1 aromatic carbocycles. The van der Waals surface area contributed by atoms with Crippen LogP contribution in [-0.4, -0.2) is 27.9 Å². The lowest BCUT2D eigenvalue weighted by Crippen LogP contribution is -2.02. The molecule has 0 atom stereocenters. The summed E-state index contributed by atoms with van der Waals surface area (Å²) in [7, 11) is 1.95. The van der Waals surface area contributed by atoms with Gasteiger partial charge in [-0.25, -0.2) is 0 Å². The van der Waals surface area contributed by atoms with Gasteiger partial charge in [0, 0.05) is 13.2 Å². The van der Waals surface area contributed by atoms with E-state index < -0.39 is 0 Å². The zero-order valence-electron chi connectivity index (χ0n) is 10.3. The summed E-state index contributed by atoms with van der Waals surface area (Å²) in [6.07, 6.45) is 2.74. The third-order valence-electron chi connectivity index (χ3n) is 2.50. The van der Waals surface area contributed by atoms with E-state index in [1.165, 1.54) is 11.1 Å². The quantitative estimate of drug-likeness (QED) is 0.801. The summed E-state index contributed by atoms with van der Waals surface area (Å²) in [5.74, 6) is 0. The zero-order valence-corrected chi connectivity index (χ0v) is 10.3. The molecule has 0 aliphatic heterocycles. The van der Waals surface area contributed by atoms with E-state index in [0.717, 1.165) is 12.1 Å². The van der Waals surface area contributed by atoms with Crippen molar-refractivity contribution in [2.45, 2.75) is 6.42 Å². The van der Waals surface area contributed by atoms with Gasteiger partial charge in [0.2, 0.25) is 0 Å². The second kappa shape index (κ2) is 7.24. The van der Waals surface area contributed by atoms with Crippen LogP contribution in [0.4, 0.5) is 0 Å². The van der Waals surface area contributed by atoms with Crippen molar-refractivity contribution in [1.82, 2.24) is 9.78 Å². The van der Waals surface area contributed by atoms with E-state index in [-0.39, 0.29) is 6.47 Å². The highest BCUT2D eigenvalue weighted by atomic mass is 16.3. The molecular formula is C13H17N3O2. The SMILES string of the molecule is Cn1nccc1-c1ccc(CCN)cc1.O=CO. The lowest BCUT2D eigenvalue weighted by Gasteiger charge is -2.03. The molecule has 2 rings (SSSR count). The first-order chi connectivity index (χ1) is 8.72. The van der Waals surface area contributed by atoms with E-state index >= 15 is 0 Å². The van der Waals surface area contributed by atoms with Gasteiger partial charge in [0.1, 0.15) is 0 Å². The number of hydrogen-bond donors (Lipinski definition) is 2. The molecule has 0 saturated heterocycles. The Morgan fingerprint density at radius 2 is 1.94 bits per heavy atom. The first kappa shape index (κ1) is 13.9. The molecule has 5 heteroatoms. The predicted octanol–water partition coefficient (Wildman–Crippen LogP) is 1.29. The third kappa shape index (κ3) is 3.71. The summed E-state index contributed by atoms with van der Waals surface area (Å²) in [4.78, 5) is 8.36. The van der Waals surface area contributed by atoms with Crippen LogP contribution in [0.2, 0.25) is 0 Å². The summed E-state index contributed by atoms with van der Waals surface area (Å²) >= 11 is 0. The van der Waals surface area contributed by atoms with E-state index in [1.807, 2.05) is 24.0 Å². The molecule has 3 N–H and O–H groups in total. The molecule has 0 aliphatic rings. The number of nitrogens with zero attached hydrogens (tertiary/aromatic N) is 2. The Morgan fingerprint density at radius 3 is 2.39 bits per heavy atom. The van der Waals surface area contributed by atoms with Gasteiger partial charge in [-0.3, -0.25) is 9.48 Å². The molecule has 2 aromatic rings. The first-order valence-corrected chi connectivity index (χ1v) is 5.58. The number of carboxylic acid groups (broad SMARTS) is 1. The monoisotopic (exact) mass is 247 g/mol. The standard InChI is InChI=1S/C12H15N3.CH2O2/c1-15-12(7-9-14-15)11-4-2-10(3-5-11)6-8-13;2-1-3/h2-5,7,9H,6,8,13H2,1H3;1H,(H,2,3). The molecule has 1 aromatic heterocycles. The highest BCUT2D eigenvalue weighted by molar-refractivity contribution is 5.59. The van der Waals surface area contributed by atoms with Crippen LogP contribution in [0.15, 0.2) is 36.5 Å². The maximum Gasteiger partial charge on any atom is 0.290 e. The molecule has 0 aliphatic carbocycles. The number of carbonyl (C=O) groups is 1. The van der Waals surface area contributed by atoms with Crippen LogP contribution in [0.25, 0.3) is 11.3 Å². The third-order valence-corrected chi connectivity index (χ3v) is 2.50. The van der Waals surface area contributed by atoms with Gasteiger partial charge in [-0.15, -0.1) is 0 Å². The number of nitrogens with two attached hydrogens (primary N) is 1. The Morgan fingerprint density at radius 1 is 1.33 bits per heavy atom. The number of benzene rings is 1. The van der Waals surface area contributed by atoms with E-state index in [0.29, 0.717) is 6.54 Å². The summed E-state index contributed by atoms with van der Waals surface area (Å²) in [6, 6.07) is 10.5. The summed E-state index contributed by atoms with van der Waals surface area (Å²) in [6.45, 7) is 0.449. The van der Waals surface area contributed by atoms with Gasteiger partial charge in [-0.2, -0.15) is 5.10 Å². The average molecular weight is 247 g/mol. The first-order valence-electron chi connectivity index (χ1n) is 5.58. The van der Waals surface area contributed by atoms with Gasteiger partial charge in [0.15, 0.2) is 0 Å². The average Bonchev–Trinajstić information content (AvgIpc) is 2.78. The molecule has 96 valence electrons. The molecule has 0 amide bonds. The normalized spacial score (nSPS) is 9.44. The van der Waals surface area contributed by atoms with Crippen molar-refractivity contribution in [2.75, 3.05) is 6.54 Å². The van der Waals surface area contributed by atoms with Gasteiger partial charge >= 0.3 is 0 Å². The minimum Gasteiger partial charge on any atom is -0.483 e. The van der Waals surface area contributed by atoms with Crippen molar-refractivity contribution >= 4 is 6.47 Å². The smallest absolute Gasteiger partial charge is 0.290 e. The van der Waals surface area contributed by atoms with E-state index in [1.54, 1.807) is 0 Å². The van der Waals surface area contributed by atoms with Crippen LogP contribution >= 0.6 is 0 Å². The van der Waals surface area contributed by atoms with Crippen LogP contribution in [0.5, 0.6) is 0 Å². The van der Waals surface area contributed by atoms with Crippen LogP contribution in [0.1, 0.15) is 5.56 Å². The topological polar surface area (TPSA) is 81.1 Å². The Balaban J connectivity index is 0.000000492. The van der Waals surface area contributed by atoms with Gasteiger partial charge in [0.25, 0.3) is 6.47 Å². The summed E-state index contributed by atoms with van der Waals surface area (Å²) in [5.41, 5.74) is 9.11. The molecule has 0 unspecified atom stereocenters. The molecule has 0 saturated carbocycles. The maximum atomic E-state index is 8.36. The van der Waals surface area contributed by atoms with E-state index in [4.69, 9.17) is 15.6 Å². The Hall–Kier alpha value is -2.14. The second-order valence-corrected chi connectivity index (χ2v) is 3.68. The van der Waals surface area contributed by atoms with Gasteiger partial charge in [0.05, 0.1) is 5.69 Å². The number of aryl methyl sites for hydroxylation is 1. The molecule has 18 heavy (non-hydrogen) atoms. The van der Waals surface area contributed by atoms with E-state index in [9.17, 15) is 0 Å². The Kier molecular flexibility index (Phi) is 5.60. The minimum atomic E-state index is -0.250. The fraction of sp³-hybridized carbons (Fsp3) is 0.231. The molecule has 5 nitrogen and oxygen atoms in total. The Labute approximate surface area is 106 Å². The number of hydrogen-bond acceptors (Lipinski definition) is 3. The largest absolute Gasteiger partial charge is 0.483 e. The van der Waals surface area contributed by atoms with Crippen molar-refractivity contribution in [1.29, 1.82) is 0 Å². The van der Waals surface area contributed by atoms with Gasteiger partial charge in [-0.05, 0) is 30.2 Å². The lowest BCUT2D eigenvalue weighted by molar-refractivity contribution is -0.122. The molecule has 0 radical (unpaired) electrons. The van der Waals surface area contributed by atoms with Crippen LogP contribution < -0.4 is 5.73 Å². The zero-order chi connectivity index (χ0) is 13.4. The van der Waals surface area contributed by atoms with Crippen LogP contribution in [-0.2, 0) is 18.3 Å². The van der Waals surface area contributed by atoms with Crippen molar-refractivity contribution in [2.24, 2.45) is 12.8 Å². The summed E-state index contributed by atoms with van der Waals surface area (Å²) in [5, 5.41) is 11.0. The fourth-order valence-corrected chi connectivity index (χ4v) is 1.67. The lowest BCUT2D eigenvalue weighted by atomic mass is 10.1. The molecule has 0 spiro atoms. The maximum absolute atomic E-state index is 8.36. The number of rotatable bonds is 3. The van der Waals surface area contributed by atoms with Crippen LogP contribution in [0.3, 0.4) is 0 Å². The predicted molar refractivity (Wildman–Crippen MR) is 70.1 cm³/mol. The van der Waals surface area contributed by atoms with Crippen molar-refractivity contribution < 1.29 is 9.90 Å². The highest BCUT2D eigenvalue weighted by Crippen LogP contribution is 2.18. The fourth-order valence-electron chi connectivity index (χ4n) is 1.67. The summed E-state index contributed by atoms with van der Waals surface area (Å²) < 4.78 is 1.87. The number of aromatic nitrogens is 2. The van der Waals surface area contributed by atoms with Gasteiger partial charge in [-0.1, -0.05) is 24.3 Å². The van der Waals surface area contributed by atoms with Gasteiger partial charge < -0.3 is 10.8 Å². The van der Waals surface area contributed by atoms with Crippen molar-refractivity contribution in [3.05, 3.63) is 42.1 Å². The second-order valence-electron chi connectivity index (χ2n) is 3.68. The van der Waals surface area contributed by atoms with E-state index in [2.05, 4.69) is 29.4 Å². The molecule has 1 heterocycles. The van der Waals surface area contributed by atoms with Crippen molar-refractivity contribution in [3.8, 4) is 11.3 Å².